The van der Waals surface area contributed by atoms with Gasteiger partial charge >= 0.3 is 6.09 Å². The number of alkyl carbamates (subject to hydrolysis) is 1. The summed E-state index contributed by atoms with van der Waals surface area (Å²) in [5.41, 5.74) is 8.02. The van der Waals surface area contributed by atoms with Gasteiger partial charge < -0.3 is 20.8 Å². The van der Waals surface area contributed by atoms with Gasteiger partial charge in [0.25, 0.3) is 0 Å². The van der Waals surface area contributed by atoms with Crippen molar-refractivity contribution in [2.45, 2.75) is 31.7 Å². The van der Waals surface area contributed by atoms with Gasteiger partial charge in [-0.15, -0.1) is 0 Å². The third kappa shape index (κ3) is 5.14. The van der Waals surface area contributed by atoms with Crippen molar-refractivity contribution in [3.63, 3.8) is 0 Å². The number of ether oxygens (including phenoxy) is 1. The summed E-state index contributed by atoms with van der Waals surface area (Å²) in [5.74, 6) is 5.83. The minimum absolute atomic E-state index is 0.0213. The van der Waals surface area contributed by atoms with Gasteiger partial charge in [-0.1, -0.05) is 40.9 Å². The molecule has 126 valence electrons. The van der Waals surface area contributed by atoms with Crippen LogP contribution in [-0.2, 0) is 4.74 Å². The molecule has 5 N–H and O–H groups in total. The molecule has 0 unspecified atom stereocenters. The van der Waals surface area contributed by atoms with Gasteiger partial charge in [0, 0.05) is 17.6 Å². The fourth-order valence-electron chi connectivity index (χ4n) is 2.58. The van der Waals surface area contributed by atoms with E-state index in [9.17, 15) is 4.79 Å². The van der Waals surface area contributed by atoms with Crippen molar-refractivity contribution in [1.82, 2.24) is 10.3 Å². The highest BCUT2D eigenvalue weighted by Crippen LogP contribution is 2.19. The zero-order chi connectivity index (χ0) is 16.8. The van der Waals surface area contributed by atoms with Crippen LogP contribution in [0.5, 0.6) is 0 Å². The molecule has 1 saturated carbocycles. The first-order chi connectivity index (χ1) is 11.0. The van der Waals surface area contributed by atoms with Gasteiger partial charge in [-0.2, -0.15) is 0 Å². The van der Waals surface area contributed by atoms with Crippen molar-refractivity contribution in [3.05, 3.63) is 40.0 Å². The third-order valence-electron chi connectivity index (χ3n) is 3.91. The van der Waals surface area contributed by atoms with E-state index in [0.29, 0.717) is 11.4 Å². The van der Waals surface area contributed by atoms with Crippen LogP contribution < -0.4 is 16.9 Å². The summed E-state index contributed by atoms with van der Waals surface area (Å²) >= 11 is 3.38. The summed E-state index contributed by atoms with van der Waals surface area (Å²) < 4.78 is 6.24. The molecule has 0 aliphatic heterocycles. The Kier molecular flexibility index (Phi) is 6.29. The largest absolute Gasteiger partial charge is 0.443 e. The maximum Gasteiger partial charge on any atom is 0.407 e. The second-order valence-electron chi connectivity index (χ2n) is 5.68. The van der Waals surface area contributed by atoms with Crippen molar-refractivity contribution in [3.8, 4) is 0 Å². The van der Waals surface area contributed by atoms with Crippen LogP contribution in [0.2, 0.25) is 0 Å². The van der Waals surface area contributed by atoms with E-state index in [2.05, 4.69) is 21.2 Å². The predicted octanol–water partition coefficient (Wildman–Crippen LogP) is 2.55. The summed E-state index contributed by atoms with van der Waals surface area (Å²) in [5, 5.41) is 4.24. The van der Waals surface area contributed by atoms with Crippen molar-refractivity contribution in [2.24, 2.45) is 11.6 Å². The monoisotopic (exact) mass is 382 g/mol. The molecule has 1 aromatic carbocycles. The number of amides is 1. The molecule has 0 bridgehead atoms. The molecule has 1 aliphatic carbocycles. The molecule has 23 heavy (non-hydrogen) atoms. The van der Waals surface area contributed by atoms with Crippen LogP contribution in [0.1, 0.15) is 31.2 Å². The van der Waals surface area contributed by atoms with Crippen LogP contribution in [0.3, 0.4) is 0 Å². The summed E-state index contributed by atoms with van der Waals surface area (Å²) in [6.07, 6.45) is 3.89. The van der Waals surface area contributed by atoms with Crippen molar-refractivity contribution < 1.29 is 9.53 Å². The molecular formula is C16H23BrN4O2. The Balaban J connectivity index is 2.01. The first-order valence-electron chi connectivity index (χ1n) is 7.63. The van der Waals surface area contributed by atoms with Crippen LogP contribution in [0.25, 0.3) is 5.70 Å². The average Bonchev–Trinajstić information content (AvgIpc) is 3.00. The maximum atomic E-state index is 11.9. The highest BCUT2D eigenvalue weighted by Gasteiger charge is 2.18. The molecule has 0 spiro atoms. The molecular weight excluding hydrogens is 360 g/mol. The number of nitrogens with two attached hydrogens (primary N) is 2. The van der Waals surface area contributed by atoms with Crippen LogP contribution in [0.15, 0.2) is 34.4 Å². The Morgan fingerprint density at radius 1 is 1.35 bits per heavy atom. The SMILES string of the molecule is CN(N)/C(COC(=O)NC1CCCC1)=C(\N)c1ccc(Br)cc1. The summed E-state index contributed by atoms with van der Waals surface area (Å²) in [7, 11) is 1.67. The van der Waals surface area contributed by atoms with E-state index in [0.717, 1.165) is 35.7 Å². The lowest BCUT2D eigenvalue weighted by Crippen LogP contribution is -2.36. The van der Waals surface area contributed by atoms with Gasteiger partial charge in [-0.05, 0) is 30.5 Å². The van der Waals surface area contributed by atoms with E-state index in [1.807, 2.05) is 24.3 Å². The fraction of sp³-hybridized carbons (Fsp3) is 0.438. The Hall–Kier alpha value is -1.73. The first-order valence-corrected chi connectivity index (χ1v) is 8.43. The second kappa shape index (κ2) is 8.21. The normalized spacial score (nSPS) is 16.0. The summed E-state index contributed by atoms with van der Waals surface area (Å²) in [6.45, 7) is 0.0213. The highest BCUT2D eigenvalue weighted by molar-refractivity contribution is 9.10. The van der Waals surface area contributed by atoms with Gasteiger partial charge in [0.2, 0.25) is 0 Å². The van der Waals surface area contributed by atoms with Crippen LogP contribution in [0, 0.1) is 0 Å². The Bertz CT molecular complexity index is 566. The lowest BCUT2D eigenvalue weighted by atomic mass is 10.1. The number of carbonyl (C=O) groups is 1. The molecule has 2 rings (SSSR count). The molecule has 0 saturated heterocycles. The summed E-state index contributed by atoms with van der Waals surface area (Å²) in [6, 6.07) is 7.76. The van der Waals surface area contributed by atoms with E-state index in [-0.39, 0.29) is 12.6 Å². The quantitative estimate of drug-likeness (QED) is 0.537. The van der Waals surface area contributed by atoms with Crippen LogP contribution in [0.4, 0.5) is 4.79 Å². The van der Waals surface area contributed by atoms with Crippen LogP contribution >= 0.6 is 15.9 Å². The fourth-order valence-corrected chi connectivity index (χ4v) is 2.84. The first kappa shape index (κ1) is 17.6. The smallest absolute Gasteiger partial charge is 0.407 e. The number of hydrazine groups is 1. The lowest BCUT2D eigenvalue weighted by molar-refractivity contribution is 0.144. The minimum atomic E-state index is -0.431. The number of nitrogens with zero attached hydrogens (tertiary/aromatic N) is 1. The van der Waals surface area contributed by atoms with E-state index >= 15 is 0 Å². The van der Waals surface area contributed by atoms with Gasteiger partial charge in [-0.25, -0.2) is 10.6 Å². The van der Waals surface area contributed by atoms with Gasteiger partial charge in [0.15, 0.2) is 0 Å². The third-order valence-corrected chi connectivity index (χ3v) is 4.44. The molecule has 1 aliphatic rings. The van der Waals surface area contributed by atoms with E-state index < -0.39 is 6.09 Å². The molecule has 0 atom stereocenters. The number of hydrogen-bond donors (Lipinski definition) is 3. The number of halogens is 1. The molecule has 1 fully saturated rings. The predicted molar refractivity (Wildman–Crippen MR) is 93.9 cm³/mol. The van der Waals surface area contributed by atoms with Crippen molar-refractivity contribution >= 4 is 27.7 Å². The molecule has 0 radical (unpaired) electrons. The van der Waals surface area contributed by atoms with Gasteiger partial charge in [0.05, 0.1) is 11.4 Å². The molecule has 0 heterocycles. The topological polar surface area (TPSA) is 93.6 Å². The number of carbonyl (C=O) groups excluding carboxylic acids is 1. The Morgan fingerprint density at radius 2 is 1.96 bits per heavy atom. The number of rotatable bonds is 5. The molecule has 1 amide bonds. The molecule has 7 heteroatoms. The van der Waals surface area contributed by atoms with Crippen LogP contribution in [-0.4, -0.2) is 30.8 Å². The van der Waals surface area contributed by atoms with Crippen molar-refractivity contribution in [1.29, 1.82) is 0 Å². The van der Waals surface area contributed by atoms with Crippen molar-refractivity contribution in [2.75, 3.05) is 13.7 Å². The molecule has 0 aromatic heterocycles. The number of nitrogens with one attached hydrogen (secondary N) is 1. The standard InChI is InChI=1S/C16H23BrN4O2/c1-21(19)14(15(18)11-6-8-12(17)9-7-11)10-23-16(22)20-13-4-2-3-5-13/h6-9,13H,2-5,10,18-19H2,1H3,(H,20,22)/b15-14-. The Labute approximate surface area is 144 Å². The number of hydrogen-bond acceptors (Lipinski definition) is 5. The summed E-state index contributed by atoms with van der Waals surface area (Å²) in [4.78, 5) is 11.9. The van der Waals surface area contributed by atoms with Gasteiger partial charge in [-0.3, -0.25) is 0 Å². The maximum absolute atomic E-state index is 11.9. The Morgan fingerprint density at radius 3 is 2.52 bits per heavy atom. The molecule has 1 aromatic rings. The van der Waals surface area contributed by atoms with E-state index in [4.69, 9.17) is 16.3 Å². The highest BCUT2D eigenvalue weighted by atomic mass is 79.9. The van der Waals surface area contributed by atoms with E-state index in [1.54, 1.807) is 7.05 Å². The zero-order valence-corrected chi connectivity index (χ0v) is 14.8. The average molecular weight is 383 g/mol. The zero-order valence-electron chi connectivity index (χ0n) is 13.2. The molecule has 6 nitrogen and oxygen atoms in total. The number of benzene rings is 1. The lowest BCUT2D eigenvalue weighted by Gasteiger charge is -2.20. The number of likely N-dealkylation sites (N-methyl/N-ethyl adjacent to an activating group) is 1. The van der Waals surface area contributed by atoms with Gasteiger partial charge in [0.1, 0.15) is 6.61 Å². The van der Waals surface area contributed by atoms with E-state index in [1.165, 1.54) is 5.01 Å². The minimum Gasteiger partial charge on any atom is -0.443 e. The second-order valence-corrected chi connectivity index (χ2v) is 6.60.